The number of ether oxygens (including phenoxy) is 1. The van der Waals surface area contributed by atoms with E-state index in [1.807, 2.05) is 0 Å². The van der Waals surface area contributed by atoms with Gasteiger partial charge in [0.2, 0.25) is 0 Å². The molecule has 3 N–H and O–H groups in total. The van der Waals surface area contributed by atoms with Gasteiger partial charge < -0.3 is 15.8 Å². The molecule has 1 aromatic carbocycles. The van der Waals surface area contributed by atoms with Gasteiger partial charge in [-0.2, -0.15) is 0 Å². The molecule has 0 fully saturated rings. The number of hydrogen-bond donors (Lipinski definition) is 2. The SMILES string of the molecule is CCOc1cccc(NC(CN)CC(C)C)c1[N+](=O)[O-]. The fourth-order valence-corrected chi connectivity index (χ4v) is 2.10. The second-order valence-corrected chi connectivity index (χ2v) is 5.05. The van der Waals surface area contributed by atoms with E-state index in [-0.39, 0.29) is 17.5 Å². The van der Waals surface area contributed by atoms with Crippen LogP contribution in [0.15, 0.2) is 18.2 Å². The Morgan fingerprint density at radius 2 is 2.15 bits per heavy atom. The van der Waals surface area contributed by atoms with E-state index in [9.17, 15) is 10.1 Å². The molecule has 0 aliphatic heterocycles. The largest absolute Gasteiger partial charge is 0.487 e. The standard InChI is InChI=1S/C14H23N3O3/c1-4-20-13-7-5-6-12(14(13)17(18)19)16-11(9-15)8-10(2)3/h5-7,10-11,16H,4,8-9,15H2,1-3H3. The van der Waals surface area contributed by atoms with Gasteiger partial charge in [0.25, 0.3) is 0 Å². The highest BCUT2D eigenvalue weighted by Crippen LogP contribution is 2.35. The minimum atomic E-state index is -0.420. The van der Waals surface area contributed by atoms with Gasteiger partial charge in [0.1, 0.15) is 5.69 Å². The molecule has 0 aliphatic carbocycles. The van der Waals surface area contributed by atoms with Gasteiger partial charge in [-0.25, -0.2) is 0 Å². The molecule has 0 amide bonds. The number of hydrogen-bond acceptors (Lipinski definition) is 5. The molecule has 0 radical (unpaired) electrons. The maximum absolute atomic E-state index is 11.3. The first-order valence-corrected chi connectivity index (χ1v) is 6.86. The third-order valence-corrected chi connectivity index (χ3v) is 2.88. The topological polar surface area (TPSA) is 90.4 Å². The average Bonchev–Trinajstić information content (AvgIpc) is 2.37. The summed E-state index contributed by atoms with van der Waals surface area (Å²) in [5.41, 5.74) is 6.15. The lowest BCUT2D eigenvalue weighted by molar-refractivity contribution is -0.385. The summed E-state index contributed by atoms with van der Waals surface area (Å²) in [4.78, 5) is 10.8. The lowest BCUT2D eigenvalue weighted by Crippen LogP contribution is -2.30. The molecule has 0 spiro atoms. The Morgan fingerprint density at radius 3 is 2.65 bits per heavy atom. The van der Waals surface area contributed by atoms with Crippen LogP contribution in [0.4, 0.5) is 11.4 Å². The molecule has 0 aromatic heterocycles. The molecule has 1 unspecified atom stereocenters. The van der Waals surface area contributed by atoms with Crippen molar-refractivity contribution in [1.82, 2.24) is 0 Å². The maximum atomic E-state index is 11.3. The van der Waals surface area contributed by atoms with E-state index in [0.717, 1.165) is 6.42 Å². The highest BCUT2D eigenvalue weighted by atomic mass is 16.6. The summed E-state index contributed by atoms with van der Waals surface area (Å²) in [5, 5.41) is 14.4. The lowest BCUT2D eigenvalue weighted by atomic mass is 10.0. The predicted octanol–water partition coefficient (Wildman–Crippen LogP) is 2.78. The van der Waals surface area contributed by atoms with Crippen LogP contribution in [0, 0.1) is 16.0 Å². The Balaban J connectivity index is 3.04. The number of nitro benzene ring substituents is 1. The second kappa shape index (κ2) is 7.69. The first-order chi connectivity index (χ1) is 9.49. The number of nitro groups is 1. The van der Waals surface area contributed by atoms with Gasteiger partial charge in [0, 0.05) is 12.6 Å². The van der Waals surface area contributed by atoms with Crippen molar-refractivity contribution in [3.63, 3.8) is 0 Å². The minimum absolute atomic E-state index is 0.00516. The lowest BCUT2D eigenvalue weighted by Gasteiger charge is -2.20. The monoisotopic (exact) mass is 281 g/mol. The summed E-state index contributed by atoms with van der Waals surface area (Å²) in [7, 11) is 0. The molecular formula is C14H23N3O3. The summed E-state index contributed by atoms with van der Waals surface area (Å²) in [5.74, 6) is 0.744. The Kier molecular flexibility index (Phi) is 6.24. The van der Waals surface area contributed by atoms with Crippen molar-refractivity contribution in [2.24, 2.45) is 11.7 Å². The van der Waals surface area contributed by atoms with Crippen molar-refractivity contribution in [2.75, 3.05) is 18.5 Å². The molecule has 0 bridgehead atoms. The molecule has 1 atom stereocenters. The number of nitrogens with two attached hydrogens (primary N) is 1. The van der Waals surface area contributed by atoms with Crippen LogP contribution >= 0.6 is 0 Å². The third-order valence-electron chi connectivity index (χ3n) is 2.88. The average molecular weight is 281 g/mol. The maximum Gasteiger partial charge on any atom is 0.333 e. The molecule has 6 nitrogen and oxygen atoms in total. The molecule has 0 heterocycles. The Bertz CT molecular complexity index is 449. The molecule has 1 aromatic rings. The number of para-hydroxylation sites is 1. The summed E-state index contributed by atoms with van der Waals surface area (Å²) >= 11 is 0. The van der Waals surface area contributed by atoms with E-state index in [2.05, 4.69) is 19.2 Å². The van der Waals surface area contributed by atoms with Gasteiger partial charge in [-0.1, -0.05) is 19.9 Å². The zero-order chi connectivity index (χ0) is 15.1. The van der Waals surface area contributed by atoms with Crippen LogP contribution in [0.1, 0.15) is 27.2 Å². The van der Waals surface area contributed by atoms with Crippen molar-refractivity contribution in [3.8, 4) is 5.75 Å². The zero-order valence-electron chi connectivity index (χ0n) is 12.3. The van der Waals surface area contributed by atoms with Crippen molar-refractivity contribution in [1.29, 1.82) is 0 Å². The summed E-state index contributed by atoms with van der Waals surface area (Å²) in [6.45, 7) is 6.79. The normalized spacial score (nSPS) is 12.2. The molecule has 0 saturated heterocycles. The van der Waals surface area contributed by atoms with Crippen LogP contribution in [0.25, 0.3) is 0 Å². The van der Waals surface area contributed by atoms with Gasteiger partial charge in [-0.15, -0.1) is 0 Å². The molecule has 0 saturated carbocycles. The number of rotatable bonds is 8. The van der Waals surface area contributed by atoms with E-state index in [0.29, 0.717) is 24.8 Å². The first kappa shape index (κ1) is 16.2. The van der Waals surface area contributed by atoms with Crippen LogP contribution in [-0.2, 0) is 0 Å². The van der Waals surface area contributed by atoms with Gasteiger partial charge >= 0.3 is 5.69 Å². The highest BCUT2D eigenvalue weighted by molar-refractivity contribution is 5.68. The fraction of sp³-hybridized carbons (Fsp3) is 0.571. The first-order valence-electron chi connectivity index (χ1n) is 6.86. The molecule has 20 heavy (non-hydrogen) atoms. The Hall–Kier alpha value is -1.82. The Labute approximate surface area is 119 Å². The molecule has 0 aliphatic rings. The van der Waals surface area contributed by atoms with Crippen molar-refractivity contribution in [2.45, 2.75) is 33.2 Å². The smallest absolute Gasteiger partial charge is 0.333 e. The Morgan fingerprint density at radius 1 is 1.45 bits per heavy atom. The number of anilines is 1. The summed E-state index contributed by atoms with van der Waals surface area (Å²) < 4.78 is 5.32. The highest BCUT2D eigenvalue weighted by Gasteiger charge is 2.22. The van der Waals surface area contributed by atoms with Gasteiger partial charge in [-0.05, 0) is 31.4 Å². The summed E-state index contributed by atoms with van der Waals surface area (Å²) in [6, 6.07) is 5.03. The van der Waals surface area contributed by atoms with Gasteiger partial charge in [-0.3, -0.25) is 10.1 Å². The number of nitrogens with zero attached hydrogens (tertiary/aromatic N) is 1. The zero-order valence-corrected chi connectivity index (χ0v) is 12.3. The fourth-order valence-electron chi connectivity index (χ4n) is 2.10. The molecule has 1 rings (SSSR count). The summed E-state index contributed by atoms with van der Waals surface area (Å²) in [6.07, 6.45) is 0.854. The van der Waals surface area contributed by atoms with E-state index in [1.54, 1.807) is 25.1 Å². The van der Waals surface area contributed by atoms with Crippen LogP contribution in [0.2, 0.25) is 0 Å². The van der Waals surface area contributed by atoms with Crippen molar-refractivity contribution in [3.05, 3.63) is 28.3 Å². The molecular weight excluding hydrogens is 258 g/mol. The van der Waals surface area contributed by atoms with Crippen molar-refractivity contribution < 1.29 is 9.66 Å². The number of nitrogens with one attached hydrogen (secondary N) is 1. The second-order valence-electron chi connectivity index (χ2n) is 5.05. The van der Waals surface area contributed by atoms with E-state index in [1.165, 1.54) is 0 Å². The van der Waals surface area contributed by atoms with Crippen LogP contribution < -0.4 is 15.8 Å². The minimum Gasteiger partial charge on any atom is -0.487 e. The van der Waals surface area contributed by atoms with E-state index < -0.39 is 4.92 Å². The third kappa shape index (κ3) is 4.38. The van der Waals surface area contributed by atoms with Crippen LogP contribution in [-0.4, -0.2) is 24.1 Å². The quantitative estimate of drug-likeness (QED) is 0.565. The van der Waals surface area contributed by atoms with Gasteiger partial charge in [0.15, 0.2) is 5.75 Å². The number of benzene rings is 1. The molecule has 6 heteroatoms. The predicted molar refractivity (Wildman–Crippen MR) is 80.2 cm³/mol. The van der Waals surface area contributed by atoms with Gasteiger partial charge in [0.05, 0.1) is 11.5 Å². The van der Waals surface area contributed by atoms with Crippen LogP contribution in [0.5, 0.6) is 5.75 Å². The van der Waals surface area contributed by atoms with Crippen LogP contribution in [0.3, 0.4) is 0 Å². The van der Waals surface area contributed by atoms with Crippen molar-refractivity contribution >= 4 is 11.4 Å². The van der Waals surface area contributed by atoms with E-state index >= 15 is 0 Å². The molecule has 112 valence electrons. The van der Waals surface area contributed by atoms with E-state index in [4.69, 9.17) is 10.5 Å².